The molecule has 1 heterocycles. The Bertz CT molecular complexity index is 368. The van der Waals surface area contributed by atoms with Crippen molar-refractivity contribution < 1.29 is 9.53 Å². The molecular weight excluding hydrogens is 208 g/mol. The van der Waals surface area contributed by atoms with Gasteiger partial charge in [-0.2, -0.15) is 0 Å². The van der Waals surface area contributed by atoms with E-state index in [4.69, 9.17) is 4.74 Å². The Labute approximate surface area is 94.3 Å². The fraction of sp³-hybridized carbons (Fsp3) is 0.583. The smallest absolute Gasteiger partial charge is 0.339 e. The molecule has 2 nitrogen and oxygen atoms in total. The Morgan fingerprint density at radius 1 is 1.67 bits per heavy atom. The van der Waals surface area contributed by atoms with Gasteiger partial charge in [-0.3, -0.25) is 0 Å². The van der Waals surface area contributed by atoms with Crippen molar-refractivity contribution in [3.05, 3.63) is 21.4 Å². The number of rotatable bonds is 2. The molecule has 0 N–H and O–H groups in total. The molecule has 0 aliphatic heterocycles. The van der Waals surface area contributed by atoms with Crippen LogP contribution in [-0.2, 0) is 17.6 Å². The third-order valence-corrected chi connectivity index (χ3v) is 3.95. The molecule has 15 heavy (non-hydrogen) atoms. The van der Waals surface area contributed by atoms with E-state index in [1.807, 2.05) is 12.3 Å². The molecular formula is C12H16O2S. The van der Waals surface area contributed by atoms with Crippen LogP contribution >= 0.6 is 11.3 Å². The van der Waals surface area contributed by atoms with Gasteiger partial charge in [0, 0.05) is 10.3 Å². The summed E-state index contributed by atoms with van der Waals surface area (Å²) < 4.78 is 5.05. The van der Waals surface area contributed by atoms with Crippen LogP contribution in [0.15, 0.2) is 5.38 Å². The van der Waals surface area contributed by atoms with E-state index < -0.39 is 0 Å². The molecule has 1 atom stereocenters. The molecule has 0 aromatic carbocycles. The molecule has 3 heteroatoms. The summed E-state index contributed by atoms with van der Waals surface area (Å²) in [7, 11) is 0. The van der Waals surface area contributed by atoms with E-state index in [1.54, 1.807) is 11.3 Å². The van der Waals surface area contributed by atoms with Gasteiger partial charge in [0.1, 0.15) is 0 Å². The maximum absolute atomic E-state index is 11.6. The number of esters is 1. The van der Waals surface area contributed by atoms with E-state index >= 15 is 0 Å². The van der Waals surface area contributed by atoms with Crippen molar-refractivity contribution in [2.45, 2.75) is 33.1 Å². The van der Waals surface area contributed by atoms with Crippen LogP contribution in [0.1, 0.15) is 41.1 Å². The Morgan fingerprint density at radius 2 is 2.47 bits per heavy atom. The number of carbonyl (C=O) groups is 1. The van der Waals surface area contributed by atoms with Crippen LogP contribution in [0, 0.1) is 5.92 Å². The third-order valence-electron chi connectivity index (χ3n) is 2.90. The zero-order valence-corrected chi connectivity index (χ0v) is 10.0. The highest BCUT2D eigenvalue weighted by Gasteiger charge is 2.23. The van der Waals surface area contributed by atoms with Gasteiger partial charge in [-0.1, -0.05) is 6.92 Å². The summed E-state index contributed by atoms with van der Waals surface area (Å²) in [6, 6.07) is 0. The van der Waals surface area contributed by atoms with Crippen molar-refractivity contribution in [2.24, 2.45) is 5.92 Å². The van der Waals surface area contributed by atoms with E-state index in [1.165, 1.54) is 16.9 Å². The summed E-state index contributed by atoms with van der Waals surface area (Å²) in [5.41, 5.74) is 2.06. The molecule has 82 valence electrons. The van der Waals surface area contributed by atoms with Crippen LogP contribution < -0.4 is 0 Å². The van der Waals surface area contributed by atoms with Gasteiger partial charge in [-0.05, 0) is 37.7 Å². The number of thiophene rings is 1. The summed E-state index contributed by atoms with van der Waals surface area (Å²) in [5, 5.41) is 1.96. The minimum atomic E-state index is -0.149. The topological polar surface area (TPSA) is 26.3 Å². The Balaban J connectivity index is 2.24. The standard InChI is InChI=1S/C12H16O2S/c1-3-14-12(13)10-7-15-11-6-8(2)4-5-9(10)11/h7-8H,3-6H2,1-2H3/t8-/m1/s1. The van der Waals surface area contributed by atoms with Crippen LogP contribution in [0.25, 0.3) is 0 Å². The molecule has 0 unspecified atom stereocenters. The van der Waals surface area contributed by atoms with Gasteiger partial charge in [0.2, 0.25) is 0 Å². The second kappa shape index (κ2) is 4.35. The molecule has 0 saturated heterocycles. The lowest BCUT2D eigenvalue weighted by molar-refractivity contribution is 0.0525. The molecule has 0 saturated carbocycles. The SMILES string of the molecule is CCOC(=O)c1csc2c1CC[C@@H](C)C2. The summed E-state index contributed by atoms with van der Waals surface area (Å²) in [5.74, 6) is 0.607. The Hall–Kier alpha value is -0.830. The normalized spacial score (nSPS) is 19.7. The maximum Gasteiger partial charge on any atom is 0.339 e. The van der Waals surface area contributed by atoms with Crippen molar-refractivity contribution in [2.75, 3.05) is 6.61 Å². The van der Waals surface area contributed by atoms with E-state index in [9.17, 15) is 4.79 Å². The number of fused-ring (bicyclic) bond motifs is 1. The third kappa shape index (κ3) is 2.07. The molecule has 0 spiro atoms. The van der Waals surface area contributed by atoms with Crippen LogP contribution in [0.4, 0.5) is 0 Å². The first-order valence-electron chi connectivity index (χ1n) is 5.48. The van der Waals surface area contributed by atoms with Gasteiger partial charge in [0.25, 0.3) is 0 Å². The van der Waals surface area contributed by atoms with Gasteiger partial charge in [-0.15, -0.1) is 11.3 Å². The van der Waals surface area contributed by atoms with Gasteiger partial charge in [-0.25, -0.2) is 4.79 Å². The van der Waals surface area contributed by atoms with Crippen molar-refractivity contribution >= 4 is 17.3 Å². The lowest BCUT2D eigenvalue weighted by Gasteiger charge is -2.18. The fourth-order valence-electron chi connectivity index (χ4n) is 2.06. The van der Waals surface area contributed by atoms with E-state index in [-0.39, 0.29) is 5.97 Å². The monoisotopic (exact) mass is 224 g/mol. The summed E-state index contributed by atoms with van der Waals surface area (Å²) in [6.45, 7) is 4.57. The van der Waals surface area contributed by atoms with Gasteiger partial charge < -0.3 is 4.74 Å². The molecule has 1 aliphatic carbocycles. The first-order chi connectivity index (χ1) is 7.22. The average molecular weight is 224 g/mol. The van der Waals surface area contributed by atoms with E-state index in [2.05, 4.69) is 6.92 Å². The largest absolute Gasteiger partial charge is 0.462 e. The van der Waals surface area contributed by atoms with Gasteiger partial charge in [0.15, 0.2) is 0 Å². The number of hydrogen-bond donors (Lipinski definition) is 0. The van der Waals surface area contributed by atoms with E-state index in [0.717, 1.165) is 24.3 Å². The first-order valence-corrected chi connectivity index (χ1v) is 6.36. The molecule has 0 bridgehead atoms. The summed E-state index contributed by atoms with van der Waals surface area (Å²) >= 11 is 1.71. The summed E-state index contributed by atoms with van der Waals surface area (Å²) in [4.78, 5) is 13.0. The second-order valence-corrected chi connectivity index (χ2v) is 5.08. The highest BCUT2D eigenvalue weighted by atomic mass is 32.1. The van der Waals surface area contributed by atoms with Crippen molar-refractivity contribution in [1.29, 1.82) is 0 Å². The van der Waals surface area contributed by atoms with Gasteiger partial charge >= 0.3 is 5.97 Å². The summed E-state index contributed by atoms with van der Waals surface area (Å²) in [6.07, 6.45) is 3.35. The van der Waals surface area contributed by atoms with Crippen LogP contribution in [0.3, 0.4) is 0 Å². The lowest BCUT2D eigenvalue weighted by Crippen LogP contribution is -2.13. The number of carbonyl (C=O) groups excluding carboxylic acids is 1. The van der Waals surface area contributed by atoms with E-state index in [0.29, 0.717) is 6.61 Å². The fourth-order valence-corrected chi connectivity index (χ4v) is 3.29. The zero-order valence-electron chi connectivity index (χ0n) is 9.21. The molecule has 0 fully saturated rings. The maximum atomic E-state index is 11.6. The zero-order chi connectivity index (χ0) is 10.8. The molecule has 1 aliphatic rings. The second-order valence-electron chi connectivity index (χ2n) is 4.12. The van der Waals surface area contributed by atoms with Crippen molar-refractivity contribution in [1.82, 2.24) is 0 Å². The van der Waals surface area contributed by atoms with Crippen LogP contribution in [-0.4, -0.2) is 12.6 Å². The molecule has 0 amide bonds. The van der Waals surface area contributed by atoms with Crippen molar-refractivity contribution in [3.63, 3.8) is 0 Å². The number of ether oxygens (including phenoxy) is 1. The minimum absolute atomic E-state index is 0.149. The molecule has 1 aromatic heterocycles. The molecule has 0 radical (unpaired) electrons. The Kier molecular flexibility index (Phi) is 3.10. The highest BCUT2D eigenvalue weighted by molar-refractivity contribution is 7.10. The minimum Gasteiger partial charge on any atom is -0.462 e. The quantitative estimate of drug-likeness (QED) is 0.722. The van der Waals surface area contributed by atoms with Crippen molar-refractivity contribution in [3.8, 4) is 0 Å². The van der Waals surface area contributed by atoms with Gasteiger partial charge in [0.05, 0.1) is 12.2 Å². The molecule has 2 rings (SSSR count). The Morgan fingerprint density at radius 3 is 3.20 bits per heavy atom. The lowest BCUT2D eigenvalue weighted by atomic mass is 9.88. The highest BCUT2D eigenvalue weighted by Crippen LogP contribution is 2.33. The van der Waals surface area contributed by atoms with Crippen LogP contribution in [0.5, 0.6) is 0 Å². The first kappa shape index (κ1) is 10.7. The predicted molar refractivity (Wildman–Crippen MR) is 61.5 cm³/mol. The number of hydrogen-bond acceptors (Lipinski definition) is 3. The van der Waals surface area contributed by atoms with Crippen LogP contribution in [0.2, 0.25) is 0 Å². The average Bonchev–Trinajstić information content (AvgIpc) is 2.60. The predicted octanol–water partition coefficient (Wildman–Crippen LogP) is 3.05. The molecule has 1 aromatic rings.